The molecule has 2 N–H and O–H groups in total. The monoisotopic (exact) mass is 248 g/mol. The van der Waals surface area contributed by atoms with E-state index < -0.39 is 0 Å². The Morgan fingerprint density at radius 3 is 2.78 bits per heavy atom. The number of aromatic nitrogens is 1. The molecule has 1 aliphatic rings. The predicted octanol–water partition coefficient (Wildman–Crippen LogP) is 1.03. The van der Waals surface area contributed by atoms with Crippen LogP contribution >= 0.6 is 0 Å². The van der Waals surface area contributed by atoms with E-state index in [1.54, 1.807) is 0 Å². The molecule has 0 radical (unpaired) electrons. The number of hydrogen-bond acceptors (Lipinski definition) is 4. The van der Waals surface area contributed by atoms with Gasteiger partial charge in [0.2, 0.25) is 0 Å². The van der Waals surface area contributed by atoms with Gasteiger partial charge in [-0.05, 0) is 38.6 Å². The minimum absolute atomic E-state index is 0.310. The summed E-state index contributed by atoms with van der Waals surface area (Å²) >= 11 is 0. The third-order valence-electron chi connectivity index (χ3n) is 3.74. The normalized spacial score (nSPS) is 20.6. The van der Waals surface area contributed by atoms with Crippen LogP contribution in [0, 0.1) is 6.92 Å². The van der Waals surface area contributed by atoms with Crippen LogP contribution in [0.5, 0.6) is 0 Å². The van der Waals surface area contributed by atoms with E-state index in [0.717, 1.165) is 25.3 Å². The molecule has 1 fully saturated rings. The Morgan fingerprint density at radius 1 is 1.28 bits per heavy atom. The van der Waals surface area contributed by atoms with Crippen LogP contribution in [-0.4, -0.2) is 54.6 Å². The lowest BCUT2D eigenvalue weighted by atomic mass is 10.1. The van der Waals surface area contributed by atoms with Crippen molar-refractivity contribution in [2.75, 3.05) is 39.8 Å². The number of nitrogens with two attached hydrogens (primary N) is 1. The molecule has 0 saturated carbocycles. The Balaban J connectivity index is 2.09. The Hall–Kier alpha value is -0.970. The molecule has 0 bridgehead atoms. The van der Waals surface area contributed by atoms with Crippen LogP contribution in [0.25, 0.3) is 0 Å². The fourth-order valence-corrected chi connectivity index (χ4v) is 2.55. The van der Waals surface area contributed by atoms with Crippen LogP contribution < -0.4 is 5.73 Å². The highest BCUT2D eigenvalue weighted by Gasteiger charge is 2.21. The van der Waals surface area contributed by atoms with Crippen LogP contribution in [0.4, 0.5) is 0 Å². The predicted molar refractivity (Wildman–Crippen MR) is 74.5 cm³/mol. The number of likely N-dealkylation sites (N-methyl/N-ethyl adjacent to an activating group) is 1. The van der Waals surface area contributed by atoms with Crippen molar-refractivity contribution in [2.45, 2.75) is 19.4 Å². The van der Waals surface area contributed by atoms with Gasteiger partial charge in [-0.3, -0.25) is 9.88 Å². The highest BCUT2D eigenvalue weighted by Crippen LogP contribution is 2.20. The van der Waals surface area contributed by atoms with Crippen LogP contribution in [0.3, 0.4) is 0 Å². The highest BCUT2D eigenvalue weighted by atomic mass is 15.2. The maximum absolute atomic E-state index is 5.98. The summed E-state index contributed by atoms with van der Waals surface area (Å²) < 4.78 is 0. The Bertz CT molecular complexity index is 363. The third kappa shape index (κ3) is 3.28. The molecule has 18 heavy (non-hydrogen) atoms. The molecule has 100 valence electrons. The Labute approximate surface area is 110 Å². The van der Waals surface area contributed by atoms with Crippen LogP contribution in [0.15, 0.2) is 18.3 Å². The topological polar surface area (TPSA) is 45.4 Å². The summed E-state index contributed by atoms with van der Waals surface area (Å²) in [5.74, 6) is 0. The number of hydrogen-bond donors (Lipinski definition) is 1. The Morgan fingerprint density at radius 2 is 2.11 bits per heavy atom. The maximum atomic E-state index is 5.98. The van der Waals surface area contributed by atoms with Gasteiger partial charge in [0, 0.05) is 44.1 Å². The molecule has 1 atom stereocenters. The summed E-state index contributed by atoms with van der Waals surface area (Å²) in [7, 11) is 2.19. The zero-order valence-corrected chi connectivity index (χ0v) is 11.5. The van der Waals surface area contributed by atoms with E-state index in [2.05, 4.69) is 34.0 Å². The minimum atomic E-state index is 0.310. The van der Waals surface area contributed by atoms with E-state index in [1.165, 1.54) is 18.5 Å². The molecule has 2 heterocycles. The van der Waals surface area contributed by atoms with Gasteiger partial charge in [-0.1, -0.05) is 6.07 Å². The van der Waals surface area contributed by atoms with E-state index in [-0.39, 0.29) is 0 Å². The second-order valence-corrected chi connectivity index (χ2v) is 5.18. The molecule has 0 amide bonds. The van der Waals surface area contributed by atoms with Crippen molar-refractivity contribution in [3.63, 3.8) is 0 Å². The molecule has 0 spiro atoms. The van der Waals surface area contributed by atoms with E-state index in [0.29, 0.717) is 12.6 Å². The zero-order valence-electron chi connectivity index (χ0n) is 11.5. The van der Waals surface area contributed by atoms with Gasteiger partial charge >= 0.3 is 0 Å². The fourth-order valence-electron chi connectivity index (χ4n) is 2.55. The van der Waals surface area contributed by atoms with Gasteiger partial charge in [-0.2, -0.15) is 0 Å². The quantitative estimate of drug-likeness (QED) is 0.868. The van der Waals surface area contributed by atoms with Crippen LogP contribution in [-0.2, 0) is 0 Å². The summed E-state index contributed by atoms with van der Waals surface area (Å²) in [5, 5.41) is 0. The van der Waals surface area contributed by atoms with Crippen molar-refractivity contribution in [1.29, 1.82) is 0 Å². The standard InChI is InChI=1S/C14H24N4/c1-12-4-5-13(11-16-12)14(10-15)18-7-3-6-17(2)8-9-18/h4-5,11,14H,3,6-10,15H2,1-2H3. The molecule has 0 aliphatic carbocycles. The lowest BCUT2D eigenvalue weighted by Gasteiger charge is -2.29. The molecule has 2 rings (SSSR count). The SMILES string of the molecule is Cc1ccc(C(CN)N2CCCN(C)CC2)cn1. The van der Waals surface area contributed by atoms with Gasteiger partial charge in [-0.15, -0.1) is 0 Å². The summed E-state index contributed by atoms with van der Waals surface area (Å²) in [6, 6.07) is 4.54. The molecule has 0 aromatic carbocycles. The highest BCUT2D eigenvalue weighted by molar-refractivity contribution is 5.18. The average molecular weight is 248 g/mol. The lowest BCUT2D eigenvalue weighted by Crippen LogP contribution is -2.36. The molecule has 1 aromatic rings. The van der Waals surface area contributed by atoms with Gasteiger partial charge in [-0.25, -0.2) is 0 Å². The largest absolute Gasteiger partial charge is 0.329 e. The van der Waals surface area contributed by atoms with Crippen molar-refractivity contribution >= 4 is 0 Å². The van der Waals surface area contributed by atoms with Crippen molar-refractivity contribution in [1.82, 2.24) is 14.8 Å². The summed E-state index contributed by atoms with van der Waals surface area (Å²) in [4.78, 5) is 9.27. The molecular formula is C14H24N4. The second-order valence-electron chi connectivity index (χ2n) is 5.18. The second kappa shape index (κ2) is 6.27. The first-order valence-electron chi connectivity index (χ1n) is 6.76. The number of pyridine rings is 1. The van der Waals surface area contributed by atoms with Gasteiger partial charge in [0.05, 0.1) is 0 Å². The van der Waals surface area contributed by atoms with E-state index in [1.807, 2.05) is 13.1 Å². The van der Waals surface area contributed by atoms with E-state index in [4.69, 9.17) is 5.73 Å². The number of aryl methyl sites for hydroxylation is 1. The lowest BCUT2D eigenvalue weighted by molar-refractivity contribution is 0.207. The number of rotatable bonds is 3. The van der Waals surface area contributed by atoms with Crippen molar-refractivity contribution in [3.05, 3.63) is 29.6 Å². The van der Waals surface area contributed by atoms with E-state index >= 15 is 0 Å². The molecule has 4 nitrogen and oxygen atoms in total. The van der Waals surface area contributed by atoms with Gasteiger partial charge in [0.15, 0.2) is 0 Å². The molecule has 4 heteroatoms. The van der Waals surface area contributed by atoms with Gasteiger partial charge in [0.1, 0.15) is 0 Å². The summed E-state index contributed by atoms with van der Waals surface area (Å²) in [5.41, 5.74) is 8.28. The van der Waals surface area contributed by atoms with Gasteiger partial charge in [0.25, 0.3) is 0 Å². The Kier molecular flexibility index (Phi) is 4.69. The summed E-state index contributed by atoms with van der Waals surface area (Å²) in [6.45, 7) is 7.19. The zero-order chi connectivity index (χ0) is 13.0. The van der Waals surface area contributed by atoms with Crippen molar-refractivity contribution in [3.8, 4) is 0 Å². The van der Waals surface area contributed by atoms with Crippen molar-refractivity contribution < 1.29 is 0 Å². The van der Waals surface area contributed by atoms with Crippen LogP contribution in [0.1, 0.15) is 23.7 Å². The maximum Gasteiger partial charge on any atom is 0.0486 e. The fraction of sp³-hybridized carbons (Fsp3) is 0.643. The first-order valence-corrected chi connectivity index (χ1v) is 6.76. The third-order valence-corrected chi connectivity index (χ3v) is 3.74. The van der Waals surface area contributed by atoms with Crippen molar-refractivity contribution in [2.24, 2.45) is 5.73 Å². The van der Waals surface area contributed by atoms with Gasteiger partial charge < -0.3 is 10.6 Å². The first-order chi connectivity index (χ1) is 8.70. The summed E-state index contributed by atoms with van der Waals surface area (Å²) in [6.07, 6.45) is 3.19. The average Bonchev–Trinajstić information content (AvgIpc) is 2.58. The minimum Gasteiger partial charge on any atom is -0.329 e. The smallest absolute Gasteiger partial charge is 0.0486 e. The van der Waals surface area contributed by atoms with E-state index in [9.17, 15) is 0 Å². The molecule has 1 saturated heterocycles. The molecule has 1 unspecified atom stereocenters. The first kappa shape index (κ1) is 13.5. The van der Waals surface area contributed by atoms with Crippen LogP contribution in [0.2, 0.25) is 0 Å². The molecule has 1 aliphatic heterocycles. The number of nitrogens with zero attached hydrogens (tertiary/aromatic N) is 3. The molecular weight excluding hydrogens is 224 g/mol. The molecule has 1 aromatic heterocycles.